The number of carbonyl (C=O) groups is 2. The second-order valence-electron chi connectivity index (χ2n) is 6.04. The van der Waals surface area contributed by atoms with Crippen molar-refractivity contribution in [3.63, 3.8) is 0 Å². The summed E-state index contributed by atoms with van der Waals surface area (Å²) in [6, 6.07) is 10.6. The van der Waals surface area contributed by atoms with Gasteiger partial charge in [0.25, 0.3) is 11.8 Å². The molecule has 0 bridgehead atoms. The maximum Gasteiger partial charge on any atom is 0.269 e. The van der Waals surface area contributed by atoms with Gasteiger partial charge in [0.15, 0.2) is 0 Å². The van der Waals surface area contributed by atoms with Crippen LogP contribution in [0.15, 0.2) is 59.8 Å². The predicted molar refractivity (Wildman–Crippen MR) is 106 cm³/mol. The molecule has 156 valence electrons. The van der Waals surface area contributed by atoms with E-state index < -0.39 is 27.9 Å². The van der Waals surface area contributed by atoms with Crippen LogP contribution < -0.4 is 15.6 Å². The first-order valence-corrected chi connectivity index (χ1v) is 10.3. The number of nitrogens with one attached hydrogen (secondary N) is 3. The minimum atomic E-state index is -3.94. The average molecular weight is 450 g/mol. The topological polar surface area (TPSA) is 148 Å². The molecule has 0 radical (unpaired) electrons. The molecule has 1 aromatic heterocycles. The Morgan fingerprint density at radius 2 is 1.70 bits per heavy atom. The molecule has 0 saturated carbocycles. The molecular formula is C17H16ClN7O4S. The summed E-state index contributed by atoms with van der Waals surface area (Å²) in [6.45, 7) is 1.34. The zero-order valence-electron chi connectivity index (χ0n) is 15.5. The summed E-state index contributed by atoms with van der Waals surface area (Å²) in [6.07, 6.45) is 1.40. The number of benzene rings is 2. The Morgan fingerprint density at radius 3 is 2.30 bits per heavy atom. The van der Waals surface area contributed by atoms with E-state index in [0.717, 1.165) is 0 Å². The van der Waals surface area contributed by atoms with Crippen LogP contribution in [-0.4, -0.2) is 46.5 Å². The Morgan fingerprint density at radius 1 is 1.03 bits per heavy atom. The first-order valence-electron chi connectivity index (χ1n) is 8.48. The minimum absolute atomic E-state index is 0.0433. The third-order valence-corrected chi connectivity index (χ3v) is 5.70. The van der Waals surface area contributed by atoms with Crippen LogP contribution in [0.5, 0.6) is 0 Å². The lowest BCUT2D eigenvalue weighted by molar-refractivity contribution is -0.123. The third-order valence-electron chi connectivity index (χ3n) is 3.89. The zero-order chi connectivity index (χ0) is 21.7. The van der Waals surface area contributed by atoms with Crippen molar-refractivity contribution in [1.29, 1.82) is 0 Å². The summed E-state index contributed by atoms with van der Waals surface area (Å²) in [5, 5.41) is 11.2. The Balaban J connectivity index is 1.55. The van der Waals surface area contributed by atoms with Crippen molar-refractivity contribution in [2.45, 2.75) is 17.9 Å². The molecule has 2 amide bonds. The molecule has 13 heteroatoms. The minimum Gasteiger partial charge on any atom is -0.271 e. The first kappa shape index (κ1) is 21.4. The highest BCUT2D eigenvalue weighted by molar-refractivity contribution is 7.89. The quantitative estimate of drug-likeness (QED) is 0.462. The Bertz CT molecular complexity index is 1130. The molecule has 1 heterocycles. The van der Waals surface area contributed by atoms with Crippen LogP contribution in [0, 0.1) is 0 Å². The van der Waals surface area contributed by atoms with Gasteiger partial charge >= 0.3 is 0 Å². The molecule has 3 aromatic rings. The van der Waals surface area contributed by atoms with Crippen molar-refractivity contribution in [2.24, 2.45) is 0 Å². The number of tetrazole rings is 1. The summed E-state index contributed by atoms with van der Waals surface area (Å²) >= 11 is 5.74. The fourth-order valence-electron chi connectivity index (χ4n) is 2.31. The monoisotopic (exact) mass is 449 g/mol. The van der Waals surface area contributed by atoms with Crippen molar-refractivity contribution in [3.05, 3.63) is 65.4 Å². The smallest absolute Gasteiger partial charge is 0.269 e. The van der Waals surface area contributed by atoms with Crippen molar-refractivity contribution in [1.82, 2.24) is 35.8 Å². The van der Waals surface area contributed by atoms with Crippen LogP contribution in [0.3, 0.4) is 0 Å². The molecule has 0 spiro atoms. The van der Waals surface area contributed by atoms with Gasteiger partial charge in [-0.15, -0.1) is 5.10 Å². The molecule has 1 atom stereocenters. The Labute approximate surface area is 176 Å². The van der Waals surface area contributed by atoms with Crippen LogP contribution in [0.1, 0.15) is 17.3 Å². The maximum absolute atomic E-state index is 12.3. The molecule has 0 aliphatic rings. The summed E-state index contributed by atoms with van der Waals surface area (Å²) in [7, 11) is -3.94. The number of halogens is 1. The van der Waals surface area contributed by atoms with Gasteiger partial charge in [0.2, 0.25) is 10.0 Å². The van der Waals surface area contributed by atoms with Gasteiger partial charge in [0.05, 0.1) is 16.6 Å². The third kappa shape index (κ3) is 5.17. The highest BCUT2D eigenvalue weighted by Gasteiger charge is 2.22. The van der Waals surface area contributed by atoms with Gasteiger partial charge in [-0.1, -0.05) is 11.6 Å². The van der Waals surface area contributed by atoms with Crippen LogP contribution in [-0.2, 0) is 14.8 Å². The van der Waals surface area contributed by atoms with Crippen molar-refractivity contribution in [2.75, 3.05) is 0 Å². The standard InChI is InChI=1S/C17H16ClN7O4S/c1-11(22-30(28,29)15-8-4-13(18)5-9-15)16(26)20-21-17(27)12-2-6-14(7-3-12)25-10-19-23-24-25/h2-11,22H,1H3,(H,20,26)(H,21,27)/t11-/m0/s1. The van der Waals surface area contributed by atoms with Crippen LogP contribution in [0.25, 0.3) is 5.69 Å². The van der Waals surface area contributed by atoms with E-state index in [9.17, 15) is 18.0 Å². The molecular weight excluding hydrogens is 434 g/mol. The van der Waals surface area contributed by atoms with Gasteiger partial charge in [-0.2, -0.15) is 4.72 Å². The molecule has 3 rings (SSSR count). The number of hydrogen-bond donors (Lipinski definition) is 3. The van der Waals surface area contributed by atoms with E-state index in [0.29, 0.717) is 10.7 Å². The second-order valence-corrected chi connectivity index (χ2v) is 8.19. The molecule has 30 heavy (non-hydrogen) atoms. The van der Waals surface area contributed by atoms with Gasteiger partial charge in [0, 0.05) is 10.6 Å². The molecule has 0 aliphatic carbocycles. The summed E-state index contributed by atoms with van der Waals surface area (Å²) < 4.78 is 28.3. The van der Waals surface area contributed by atoms with Crippen molar-refractivity contribution < 1.29 is 18.0 Å². The number of rotatable bonds is 6. The maximum atomic E-state index is 12.3. The number of amides is 2. The van der Waals surface area contributed by atoms with Crippen LogP contribution in [0.2, 0.25) is 5.02 Å². The van der Waals surface area contributed by atoms with E-state index in [4.69, 9.17) is 11.6 Å². The highest BCUT2D eigenvalue weighted by atomic mass is 35.5. The van der Waals surface area contributed by atoms with Gasteiger partial charge in [0.1, 0.15) is 6.33 Å². The number of sulfonamides is 1. The number of hydrazine groups is 1. The van der Waals surface area contributed by atoms with Gasteiger partial charge in [-0.3, -0.25) is 20.4 Å². The van der Waals surface area contributed by atoms with E-state index >= 15 is 0 Å². The molecule has 0 unspecified atom stereocenters. The van der Waals surface area contributed by atoms with E-state index in [-0.39, 0.29) is 10.5 Å². The lowest BCUT2D eigenvalue weighted by atomic mass is 10.2. The normalized spacial score (nSPS) is 12.2. The fourth-order valence-corrected chi connectivity index (χ4v) is 3.64. The van der Waals surface area contributed by atoms with Crippen LogP contribution in [0.4, 0.5) is 0 Å². The van der Waals surface area contributed by atoms with E-state index in [2.05, 4.69) is 31.1 Å². The lowest BCUT2D eigenvalue weighted by Gasteiger charge is -2.15. The zero-order valence-corrected chi connectivity index (χ0v) is 17.1. The Hall–Kier alpha value is -3.35. The number of carbonyl (C=O) groups excluding carboxylic acids is 2. The Kier molecular flexibility index (Phi) is 6.40. The van der Waals surface area contributed by atoms with Crippen LogP contribution >= 0.6 is 11.6 Å². The average Bonchev–Trinajstić information content (AvgIpc) is 3.26. The molecule has 0 fully saturated rings. The largest absolute Gasteiger partial charge is 0.271 e. The number of aromatic nitrogens is 4. The lowest BCUT2D eigenvalue weighted by Crippen LogP contribution is -2.51. The SMILES string of the molecule is C[C@H](NS(=O)(=O)c1ccc(Cl)cc1)C(=O)NNC(=O)c1ccc(-n2cnnn2)cc1. The summed E-state index contributed by atoms with van der Waals surface area (Å²) in [4.78, 5) is 24.3. The molecule has 11 nitrogen and oxygen atoms in total. The number of hydrogen-bond acceptors (Lipinski definition) is 7. The predicted octanol–water partition coefficient (Wildman–Crippen LogP) is 0.444. The molecule has 0 aliphatic heterocycles. The summed E-state index contributed by atoms with van der Waals surface area (Å²) in [5.74, 6) is -1.33. The second kappa shape index (κ2) is 8.98. The first-order chi connectivity index (χ1) is 14.3. The summed E-state index contributed by atoms with van der Waals surface area (Å²) in [5.41, 5.74) is 5.32. The van der Waals surface area contributed by atoms with E-state index in [1.54, 1.807) is 12.1 Å². The fraction of sp³-hybridized carbons (Fsp3) is 0.118. The van der Waals surface area contributed by atoms with Gasteiger partial charge in [-0.05, 0) is 65.9 Å². The van der Waals surface area contributed by atoms with Gasteiger partial charge < -0.3 is 0 Å². The van der Waals surface area contributed by atoms with Crippen molar-refractivity contribution in [3.8, 4) is 5.69 Å². The molecule has 3 N–H and O–H groups in total. The van der Waals surface area contributed by atoms with Crippen molar-refractivity contribution >= 4 is 33.4 Å². The molecule has 0 saturated heterocycles. The van der Waals surface area contributed by atoms with Gasteiger partial charge in [-0.25, -0.2) is 13.1 Å². The highest BCUT2D eigenvalue weighted by Crippen LogP contribution is 2.14. The number of nitrogens with zero attached hydrogens (tertiary/aromatic N) is 4. The van der Waals surface area contributed by atoms with E-state index in [1.165, 1.54) is 54.3 Å². The molecule has 2 aromatic carbocycles. The van der Waals surface area contributed by atoms with E-state index in [1.807, 2.05) is 0 Å².